The molecule has 0 aromatic heterocycles. The molecule has 2 N–H and O–H groups in total. The largest absolute Gasteiger partial charge is 0.493 e. The van der Waals surface area contributed by atoms with Crippen LogP contribution in [-0.4, -0.2) is 38.2 Å². The van der Waals surface area contributed by atoms with Gasteiger partial charge in [-0.25, -0.2) is 0 Å². The summed E-state index contributed by atoms with van der Waals surface area (Å²) in [5, 5.41) is 5.55. The molecular weight excluding hydrogens is 352 g/mol. The van der Waals surface area contributed by atoms with Gasteiger partial charge in [-0.1, -0.05) is 0 Å². The summed E-state index contributed by atoms with van der Waals surface area (Å²) in [6, 6.07) is 8.25. The summed E-state index contributed by atoms with van der Waals surface area (Å²) >= 11 is 0. The molecule has 0 bridgehead atoms. The van der Waals surface area contributed by atoms with Crippen molar-refractivity contribution < 1.29 is 28.5 Å². The molecule has 2 aromatic carbocycles. The second-order valence-corrected chi connectivity index (χ2v) is 6.12. The van der Waals surface area contributed by atoms with E-state index in [1.807, 2.05) is 0 Å². The maximum Gasteiger partial charge on any atom is 0.265 e. The number of amides is 2. The van der Waals surface area contributed by atoms with Gasteiger partial charge in [0.15, 0.2) is 17.6 Å². The van der Waals surface area contributed by atoms with Gasteiger partial charge < -0.3 is 29.6 Å². The molecule has 8 heteroatoms. The van der Waals surface area contributed by atoms with Crippen LogP contribution in [0, 0.1) is 0 Å². The van der Waals surface area contributed by atoms with Crippen molar-refractivity contribution in [1.29, 1.82) is 0 Å². The van der Waals surface area contributed by atoms with Crippen LogP contribution < -0.4 is 29.6 Å². The monoisotopic (exact) mass is 370 g/mol. The summed E-state index contributed by atoms with van der Waals surface area (Å²) < 4.78 is 21.9. The molecule has 2 heterocycles. The summed E-state index contributed by atoms with van der Waals surface area (Å²) in [6.45, 7) is 2.50. The summed E-state index contributed by atoms with van der Waals surface area (Å²) in [7, 11) is 1.50. The standard InChI is InChI=1S/C19H18N2O6/c1-10-18(22)21-13-9-12(3-4-14(13)27-10)20-19(23)11-7-15(24-2)17-16(8-11)25-5-6-26-17/h3-4,7-10H,5-6H2,1-2H3,(H,20,23)(H,21,22)/t10-/m0/s1. The van der Waals surface area contributed by atoms with Crippen molar-refractivity contribution in [2.24, 2.45) is 0 Å². The zero-order chi connectivity index (χ0) is 19.0. The molecule has 140 valence electrons. The number of carbonyl (C=O) groups excluding carboxylic acids is 2. The Morgan fingerprint density at radius 3 is 2.81 bits per heavy atom. The summed E-state index contributed by atoms with van der Waals surface area (Å²) in [4.78, 5) is 24.4. The number of hydrogen-bond acceptors (Lipinski definition) is 6. The summed E-state index contributed by atoms with van der Waals surface area (Å²) in [6.07, 6.45) is -0.553. The fourth-order valence-electron chi connectivity index (χ4n) is 2.89. The highest BCUT2D eigenvalue weighted by molar-refractivity contribution is 6.06. The van der Waals surface area contributed by atoms with E-state index in [2.05, 4.69) is 10.6 Å². The number of ether oxygens (including phenoxy) is 4. The molecule has 2 aromatic rings. The van der Waals surface area contributed by atoms with Crippen LogP contribution in [0.25, 0.3) is 0 Å². The highest BCUT2D eigenvalue weighted by Crippen LogP contribution is 2.40. The first-order valence-corrected chi connectivity index (χ1v) is 8.45. The van der Waals surface area contributed by atoms with Gasteiger partial charge in [-0.15, -0.1) is 0 Å². The van der Waals surface area contributed by atoms with Crippen LogP contribution in [-0.2, 0) is 4.79 Å². The van der Waals surface area contributed by atoms with E-state index in [9.17, 15) is 9.59 Å². The van der Waals surface area contributed by atoms with Crippen molar-refractivity contribution in [3.8, 4) is 23.0 Å². The normalized spacial score (nSPS) is 17.3. The van der Waals surface area contributed by atoms with E-state index in [0.29, 0.717) is 53.2 Å². The highest BCUT2D eigenvalue weighted by atomic mass is 16.6. The number of nitrogens with one attached hydrogen (secondary N) is 2. The predicted octanol–water partition coefficient (Wildman–Crippen LogP) is 2.44. The Hall–Kier alpha value is -3.42. The smallest absolute Gasteiger partial charge is 0.265 e. The van der Waals surface area contributed by atoms with Crippen molar-refractivity contribution in [2.75, 3.05) is 31.0 Å². The molecule has 4 rings (SSSR count). The number of methoxy groups -OCH3 is 1. The average molecular weight is 370 g/mol. The van der Waals surface area contributed by atoms with Gasteiger partial charge in [0, 0.05) is 11.3 Å². The Morgan fingerprint density at radius 1 is 1.19 bits per heavy atom. The lowest BCUT2D eigenvalue weighted by molar-refractivity contribution is -0.122. The Morgan fingerprint density at radius 2 is 2.00 bits per heavy atom. The molecule has 0 unspecified atom stereocenters. The van der Waals surface area contributed by atoms with Crippen LogP contribution >= 0.6 is 0 Å². The first-order valence-electron chi connectivity index (χ1n) is 8.45. The Balaban J connectivity index is 1.58. The summed E-state index contributed by atoms with van der Waals surface area (Å²) in [5.41, 5.74) is 1.39. The quantitative estimate of drug-likeness (QED) is 0.862. The number of anilines is 2. The van der Waals surface area contributed by atoms with Crippen LogP contribution in [0.4, 0.5) is 11.4 Å². The van der Waals surface area contributed by atoms with Crippen LogP contribution in [0.1, 0.15) is 17.3 Å². The zero-order valence-electron chi connectivity index (χ0n) is 14.8. The third-order valence-electron chi connectivity index (χ3n) is 4.26. The lowest BCUT2D eigenvalue weighted by Gasteiger charge is -2.24. The SMILES string of the molecule is COc1cc(C(=O)Nc2ccc3c(c2)NC(=O)[C@H](C)O3)cc2c1OCCO2. The van der Waals surface area contributed by atoms with Gasteiger partial charge >= 0.3 is 0 Å². The van der Waals surface area contributed by atoms with Gasteiger partial charge in [0.05, 0.1) is 12.8 Å². The van der Waals surface area contributed by atoms with Gasteiger partial charge in [0.25, 0.3) is 11.8 Å². The molecular formula is C19H18N2O6. The van der Waals surface area contributed by atoms with Gasteiger partial charge in [-0.3, -0.25) is 9.59 Å². The molecule has 2 aliphatic heterocycles. The van der Waals surface area contributed by atoms with E-state index >= 15 is 0 Å². The van der Waals surface area contributed by atoms with E-state index < -0.39 is 6.10 Å². The van der Waals surface area contributed by atoms with E-state index in [1.54, 1.807) is 37.3 Å². The second-order valence-electron chi connectivity index (χ2n) is 6.12. The number of carbonyl (C=O) groups is 2. The minimum absolute atomic E-state index is 0.234. The second kappa shape index (κ2) is 6.71. The van der Waals surface area contributed by atoms with Crippen molar-refractivity contribution in [3.63, 3.8) is 0 Å². The van der Waals surface area contributed by atoms with Gasteiger partial charge in [-0.2, -0.15) is 0 Å². The van der Waals surface area contributed by atoms with E-state index in [-0.39, 0.29) is 11.8 Å². The molecule has 0 aliphatic carbocycles. The Bertz CT molecular complexity index is 909. The van der Waals surface area contributed by atoms with Crippen LogP contribution in [0.2, 0.25) is 0 Å². The lowest BCUT2D eigenvalue weighted by Crippen LogP contribution is -2.34. The van der Waals surface area contributed by atoms with Crippen LogP contribution in [0.5, 0.6) is 23.0 Å². The van der Waals surface area contributed by atoms with Gasteiger partial charge in [0.1, 0.15) is 19.0 Å². The van der Waals surface area contributed by atoms with Gasteiger partial charge in [0.2, 0.25) is 5.75 Å². The molecule has 8 nitrogen and oxygen atoms in total. The Kier molecular flexibility index (Phi) is 4.23. The molecule has 0 spiro atoms. The number of fused-ring (bicyclic) bond motifs is 2. The number of hydrogen-bond donors (Lipinski definition) is 2. The van der Waals surface area contributed by atoms with E-state index in [0.717, 1.165) is 0 Å². The van der Waals surface area contributed by atoms with Crippen LogP contribution in [0.15, 0.2) is 30.3 Å². The number of rotatable bonds is 3. The third-order valence-corrected chi connectivity index (χ3v) is 4.26. The molecule has 0 saturated carbocycles. The van der Waals surface area contributed by atoms with Crippen molar-refractivity contribution in [3.05, 3.63) is 35.9 Å². The van der Waals surface area contributed by atoms with Gasteiger partial charge in [-0.05, 0) is 37.3 Å². The fourth-order valence-corrected chi connectivity index (χ4v) is 2.89. The molecule has 0 saturated heterocycles. The first kappa shape index (κ1) is 17.0. The zero-order valence-corrected chi connectivity index (χ0v) is 14.8. The maximum atomic E-state index is 12.7. The van der Waals surface area contributed by atoms with Crippen LogP contribution in [0.3, 0.4) is 0 Å². The molecule has 0 fully saturated rings. The average Bonchev–Trinajstić information content (AvgIpc) is 2.68. The minimum Gasteiger partial charge on any atom is -0.493 e. The predicted molar refractivity (Wildman–Crippen MR) is 97.1 cm³/mol. The molecule has 2 aliphatic rings. The Labute approximate surface area is 155 Å². The summed E-state index contributed by atoms with van der Waals surface area (Å²) in [5.74, 6) is 1.36. The van der Waals surface area contributed by atoms with Crippen molar-refractivity contribution >= 4 is 23.2 Å². The molecule has 2 amide bonds. The number of benzene rings is 2. The topological polar surface area (TPSA) is 95.1 Å². The minimum atomic E-state index is -0.553. The van der Waals surface area contributed by atoms with E-state index in [4.69, 9.17) is 18.9 Å². The lowest BCUT2D eigenvalue weighted by atomic mass is 10.1. The van der Waals surface area contributed by atoms with Crippen molar-refractivity contribution in [1.82, 2.24) is 0 Å². The van der Waals surface area contributed by atoms with Crippen molar-refractivity contribution in [2.45, 2.75) is 13.0 Å². The maximum absolute atomic E-state index is 12.7. The third kappa shape index (κ3) is 3.21. The molecule has 27 heavy (non-hydrogen) atoms. The molecule has 0 radical (unpaired) electrons. The first-order chi connectivity index (χ1) is 13.0. The highest BCUT2D eigenvalue weighted by Gasteiger charge is 2.24. The van der Waals surface area contributed by atoms with E-state index in [1.165, 1.54) is 7.11 Å². The fraction of sp³-hybridized carbons (Fsp3) is 0.263. The molecule has 1 atom stereocenters.